The van der Waals surface area contributed by atoms with Crippen molar-refractivity contribution >= 4 is 5.69 Å². The van der Waals surface area contributed by atoms with Crippen molar-refractivity contribution in [1.29, 1.82) is 0 Å². The molecule has 0 saturated carbocycles. The maximum absolute atomic E-state index is 13.6. The van der Waals surface area contributed by atoms with E-state index in [0.717, 1.165) is 0 Å². The van der Waals surface area contributed by atoms with E-state index in [4.69, 9.17) is 9.47 Å². The van der Waals surface area contributed by atoms with Crippen molar-refractivity contribution in [3.63, 3.8) is 0 Å². The number of aromatic nitrogens is 2. The van der Waals surface area contributed by atoms with Gasteiger partial charge in [-0.25, -0.2) is 4.99 Å². The lowest BCUT2D eigenvalue weighted by molar-refractivity contribution is -0.148. The molecule has 0 saturated heterocycles. The van der Waals surface area contributed by atoms with Gasteiger partial charge in [0, 0.05) is 19.7 Å². The molecule has 2 aromatic rings. The molecule has 1 aromatic heterocycles. The predicted octanol–water partition coefficient (Wildman–Crippen LogP) is 4.58. The van der Waals surface area contributed by atoms with Crippen LogP contribution in [0.4, 0.5) is 45.2 Å². The van der Waals surface area contributed by atoms with Crippen LogP contribution < -0.4 is 11.2 Å². The Morgan fingerprint density at radius 2 is 1.53 bits per heavy atom. The van der Waals surface area contributed by atoms with Crippen molar-refractivity contribution in [1.82, 2.24) is 9.13 Å². The van der Waals surface area contributed by atoms with Gasteiger partial charge in [-0.15, -0.1) is 0 Å². The maximum atomic E-state index is 13.6. The molecule has 0 aliphatic rings. The van der Waals surface area contributed by atoms with Crippen LogP contribution in [-0.4, -0.2) is 29.5 Å². The summed E-state index contributed by atoms with van der Waals surface area (Å²) in [5.74, 6) is 0. The molecule has 0 bridgehead atoms. The van der Waals surface area contributed by atoms with Crippen molar-refractivity contribution < 1.29 is 49.0 Å². The number of rotatable bonds is 7. The molecule has 0 radical (unpaired) electrons. The van der Waals surface area contributed by atoms with E-state index in [-0.39, 0.29) is 31.9 Å². The lowest BCUT2D eigenvalue weighted by Gasteiger charge is -2.19. The van der Waals surface area contributed by atoms with Crippen molar-refractivity contribution in [3.05, 3.63) is 57.1 Å². The molecular formula is C19H18F9N3O3. The van der Waals surface area contributed by atoms with Crippen molar-refractivity contribution in [2.45, 2.75) is 38.7 Å². The Morgan fingerprint density at radius 3 is 2.03 bits per heavy atom. The fourth-order valence-corrected chi connectivity index (χ4v) is 2.85. The van der Waals surface area contributed by atoms with Gasteiger partial charge in [-0.2, -0.15) is 39.5 Å². The van der Waals surface area contributed by atoms with Gasteiger partial charge >= 0.3 is 18.5 Å². The van der Waals surface area contributed by atoms with E-state index in [9.17, 15) is 44.3 Å². The molecule has 0 aliphatic heterocycles. The molecule has 0 unspecified atom stereocenters. The SMILES string of the molecule is CCn1c(=O)cc(C(F)(F)F)n(COCCOC)c1=Nc1ccc(C(F)(F)F)cc1C(F)(F)F. The number of hydrogen-bond donors (Lipinski definition) is 0. The van der Waals surface area contributed by atoms with Crippen LogP contribution in [0.3, 0.4) is 0 Å². The highest BCUT2D eigenvalue weighted by Crippen LogP contribution is 2.40. The van der Waals surface area contributed by atoms with Gasteiger partial charge in [0.05, 0.1) is 30.0 Å². The molecule has 1 heterocycles. The second kappa shape index (κ2) is 10.2. The summed E-state index contributed by atoms with van der Waals surface area (Å²) >= 11 is 0. The summed E-state index contributed by atoms with van der Waals surface area (Å²) in [7, 11) is 1.29. The summed E-state index contributed by atoms with van der Waals surface area (Å²) in [6.45, 7) is -0.116. The quantitative estimate of drug-likeness (QED) is 0.408. The lowest BCUT2D eigenvalue weighted by atomic mass is 10.1. The summed E-state index contributed by atoms with van der Waals surface area (Å²) in [6, 6.07) is 0.682. The number of ether oxygens (including phenoxy) is 2. The minimum absolute atomic E-state index is 0.0288. The number of hydrogen-bond acceptors (Lipinski definition) is 4. The molecule has 0 fully saturated rings. The van der Waals surface area contributed by atoms with E-state index in [1.807, 2.05) is 0 Å². The van der Waals surface area contributed by atoms with E-state index in [1.54, 1.807) is 0 Å². The Kier molecular flexibility index (Phi) is 8.24. The normalized spacial score (nSPS) is 13.6. The summed E-state index contributed by atoms with van der Waals surface area (Å²) in [5, 5.41) is 0. The van der Waals surface area contributed by atoms with Gasteiger partial charge in [-0.1, -0.05) is 0 Å². The highest BCUT2D eigenvalue weighted by atomic mass is 19.4. The first-order chi connectivity index (χ1) is 15.6. The van der Waals surface area contributed by atoms with Crippen LogP contribution in [-0.2, 0) is 41.3 Å². The van der Waals surface area contributed by atoms with Gasteiger partial charge in [0.2, 0.25) is 5.62 Å². The molecule has 0 amide bonds. The molecule has 15 heteroatoms. The fraction of sp³-hybridized carbons (Fsp3) is 0.474. The minimum Gasteiger partial charge on any atom is -0.382 e. The molecule has 0 atom stereocenters. The van der Waals surface area contributed by atoms with Gasteiger partial charge in [0.15, 0.2) is 0 Å². The van der Waals surface area contributed by atoms with E-state index in [2.05, 4.69) is 4.99 Å². The van der Waals surface area contributed by atoms with Gasteiger partial charge < -0.3 is 9.47 Å². The molecular weight excluding hydrogens is 489 g/mol. The summed E-state index contributed by atoms with van der Waals surface area (Å²) in [5.41, 5.74) is -8.30. The third kappa shape index (κ3) is 6.40. The lowest BCUT2D eigenvalue weighted by Crippen LogP contribution is -2.43. The highest BCUT2D eigenvalue weighted by Gasteiger charge is 2.39. The van der Waals surface area contributed by atoms with Crippen LogP contribution in [0, 0.1) is 0 Å². The van der Waals surface area contributed by atoms with E-state index < -0.39 is 58.9 Å². The molecule has 0 aliphatic carbocycles. The van der Waals surface area contributed by atoms with Crippen LogP contribution in [0.25, 0.3) is 0 Å². The van der Waals surface area contributed by atoms with Gasteiger partial charge in [0.25, 0.3) is 5.56 Å². The Labute approximate surface area is 185 Å². The second-order valence-electron chi connectivity index (χ2n) is 6.71. The molecule has 0 N–H and O–H groups in total. The third-order valence-corrected chi connectivity index (χ3v) is 4.41. The van der Waals surface area contributed by atoms with Crippen molar-refractivity contribution in [2.75, 3.05) is 20.3 Å². The van der Waals surface area contributed by atoms with Crippen LogP contribution >= 0.6 is 0 Å². The number of nitrogens with zero attached hydrogens (tertiary/aromatic N) is 3. The number of alkyl halides is 9. The summed E-state index contributed by atoms with van der Waals surface area (Å²) < 4.78 is 131. The predicted molar refractivity (Wildman–Crippen MR) is 98.9 cm³/mol. The molecule has 1 aromatic carbocycles. The van der Waals surface area contributed by atoms with Gasteiger partial charge in [-0.3, -0.25) is 13.9 Å². The van der Waals surface area contributed by atoms with E-state index in [1.165, 1.54) is 14.0 Å². The van der Waals surface area contributed by atoms with Crippen LogP contribution in [0.15, 0.2) is 34.1 Å². The fourth-order valence-electron chi connectivity index (χ4n) is 2.85. The van der Waals surface area contributed by atoms with E-state index in [0.29, 0.717) is 21.3 Å². The molecule has 6 nitrogen and oxygen atoms in total. The van der Waals surface area contributed by atoms with Gasteiger partial charge in [0.1, 0.15) is 12.4 Å². The molecule has 190 valence electrons. The first kappa shape index (κ1) is 27.4. The zero-order chi connectivity index (χ0) is 25.9. The Bertz CT molecular complexity index is 1130. The monoisotopic (exact) mass is 507 g/mol. The maximum Gasteiger partial charge on any atom is 0.431 e. The summed E-state index contributed by atoms with van der Waals surface area (Å²) in [4.78, 5) is 15.8. The average Bonchev–Trinajstić information content (AvgIpc) is 2.70. The zero-order valence-corrected chi connectivity index (χ0v) is 17.6. The standard InChI is InChI=1S/C19H18F9N3O3/c1-3-30-15(32)9-14(19(26,27)28)31(10-34-7-6-33-2)16(30)29-13-5-4-11(17(20,21)22)8-12(13)18(23,24)25/h4-5,8-9H,3,6-7,10H2,1-2H3. The number of benzene rings is 1. The zero-order valence-electron chi connectivity index (χ0n) is 17.6. The topological polar surface area (TPSA) is 57.8 Å². The average molecular weight is 507 g/mol. The van der Waals surface area contributed by atoms with Crippen molar-refractivity contribution in [2.24, 2.45) is 4.99 Å². The van der Waals surface area contributed by atoms with Crippen LogP contribution in [0.1, 0.15) is 23.7 Å². The molecule has 0 spiro atoms. The number of methoxy groups -OCH3 is 1. The largest absolute Gasteiger partial charge is 0.431 e. The molecule has 2 rings (SSSR count). The third-order valence-electron chi connectivity index (χ3n) is 4.41. The highest BCUT2D eigenvalue weighted by molar-refractivity contribution is 5.50. The Balaban J connectivity index is 2.92. The van der Waals surface area contributed by atoms with Crippen molar-refractivity contribution in [3.8, 4) is 0 Å². The Hall–Kier alpha value is -2.81. The molecule has 34 heavy (non-hydrogen) atoms. The van der Waals surface area contributed by atoms with Gasteiger partial charge in [-0.05, 0) is 25.1 Å². The van der Waals surface area contributed by atoms with Crippen LogP contribution in [0.2, 0.25) is 0 Å². The smallest absolute Gasteiger partial charge is 0.382 e. The van der Waals surface area contributed by atoms with E-state index >= 15 is 0 Å². The minimum atomic E-state index is -5.33. The number of halogens is 9. The summed E-state index contributed by atoms with van der Waals surface area (Å²) in [6.07, 6.45) is -15.6. The first-order valence-electron chi connectivity index (χ1n) is 9.43. The second-order valence-corrected chi connectivity index (χ2v) is 6.71. The Morgan fingerprint density at radius 1 is 0.882 bits per heavy atom. The first-order valence-corrected chi connectivity index (χ1v) is 9.43. The van der Waals surface area contributed by atoms with Crippen LogP contribution in [0.5, 0.6) is 0 Å².